The molecule has 10 nitrogen and oxygen atoms in total. The van der Waals surface area contributed by atoms with Crippen LogP contribution in [-0.2, 0) is 14.4 Å². The first-order chi connectivity index (χ1) is 13.3. The Morgan fingerprint density at radius 3 is 2.61 bits per heavy atom. The van der Waals surface area contributed by atoms with Gasteiger partial charge in [0.15, 0.2) is 0 Å². The van der Waals surface area contributed by atoms with E-state index in [1.54, 1.807) is 11.8 Å². The molecule has 0 aromatic carbocycles. The van der Waals surface area contributed by atoms with Gasteiger partial charge in [0.25, 0.3) is 0 Å². The van der Waals surface area contributed by atoms with E-state index in [-0.39, 0.29) is 35.9 Å². The molecule has 28 heavy (non-hydrogen) atoms. The fraction of sp³-hybridized carbons (Fsp3) is 0.667. The maximum Gasteiger partial charge on any atom is 0.352 e. The normalized spacial score (nSPS) is 30.9. The maximum absolute atomic E-state index is 12.3. The summed E-state index contributed by atoms with van der Waals surface area (Å²) in [4.78, 5) is 43.4. The van der Waals surface area contributed by atoms with Gasteiger partial charge in [0, 0.05) is 32.1 Å². The Kier molecular flexibility index (Phi) is 4.62. The van der Waals surface area contributed by atoms with E-state index in [0.717, 1.165) is 0 Å². The number of aliphatic carboxylic acids is 1. The molecule has 0 aliphatic carbocycles. The molecule has 4 heterocycles. The zero-order valence-corrected chi connectivity index (χ0v) is 15.5. The van der Waals surface area contributed by atoms with Crippen molar-refractivity contribution in [3.05, 3.63) is 11.3 Å². The molecule has 4 rings (SSSR count). The summed E-state index contributed by atoms with van der Waals surface area (Å²) in [5.74, 6) is -1.77. The molecule has 10 heteroatoms. The number of aliphatic hydroxyl groups excluding tert-OH is 2. The molecule has 2 saturated heterocycles. The first kappa shape index (κ1) is 18.9. The molecule has 0 spiro atoms. The fourth-order valence-electron chi connectivity index (χ4n) is 4.51. The molecular weight excluding hydrogens is 368 g/mol. The minimum atomic E-state index is -1.14. The van der Waals surface area contributed by atoms with E-state index in [2.05, 4.69) is 10.3 Å². The van der Waals surface area contributed by atoms with E-state index in [9.17, 15) is 29.7 Å². The summed E-state index contributed by atoms with van der Waals surface area (Å²) in [6.07, 6.45) is -0.716. The zero-order valence-electron chi connectivity index (χ0n) is 15.5. The van der Waals surface area contributed by atoms with Gasteiger partial charge >= 0.3 is 5.97 Å². The number of aliphatic hydroxyl groups is 2. The summed E-state index contributed by atoms with van der Waals surface area (Å²) in [6.45, 7) is 3.02. The number of carboxylic acids is 1. The van der Waals surface area contributed by atoms with Crippen LogP contribution in [0.15, 0.2) is 16.3 Å². The van der Waals surface area contributed by atoms with E-state index in [1.807, 2.05) is 0 Å². The molecule has 2 amide bonds. The molecule has 152 valence electrons. The molecule has 0 saturated carbocycles. The van der Waals surface area contributed by atoms with Gasteiger partial charge in [-0.2, -0.15) is 0 Å². The number of carbonyl (C=O) groups is 3. The molecule has 4 N–H and O–H groups in total. The number of hydrogen-bond donors (Lipinski definition) is 4. The van der Waals surface area contributed by atoms with Crippen LogP contribution in [0, 0.1) is 11.8 Å². The molecule has 0 bridgehead atoms. The number of β-lactam (4-membered cyclic amide) rings is 1. The van der Waals surface area contributed by atoms with Gasteiger partial charge in [0.05, 0.1) is 30.6 Å². The number of rotatable bonds is 5. The van der Waals surface area contributed by atoms with Crippen LogP contribution in [0.2, 0.25) is 0 Å². The van der Waals surface area contributed by atoms with Crippen molar-refractivity contribution >= 4 is 23.6 Å². The quantitative estimate of drug-likeness (QED) is 0.402. The van der Waals surface area contributed by atoms with Gasteiger partial charge in [0.1, 0.15) is 11.5 Å². The molecule has 0 aromatic rings. The average molecular weight is 392 g/mol. The molecule has 4 aliphatic heterocycles. The number of aliphatic imine (C=N–C) groups is 1. The predicted molar refractivity (Wildman–Crippen MR) is 96.1 cm³/mol. The van der Waals surface area contributed by atoms with Gasteiger partial charge in [-0.05, 0) is 18.9 Å². The van der Waals surface area contributed by atoms with E-state index in [4.69, 9.17) is 0 Å². The Bertz CT molecular complexity index is 785. The summed E-state index contributed by atoms with van der Waals surface area (Å²) in [7, 11) is 0. The van der Waals surface area contributed by atoms with Crippen molar-refractivity contribution in [2.75, 3.05) is 26.2 Å². The van der Waals surface area contributed by atoms with Crippen LogP contribution in [0.25, 0.3) is 0 Å². The third-order valence-corrected chi connectivity index (χ3v) is 6.05. The largest absolute Gasteiger partial charge is 0.477 e. The monoisotopic (exact) mass is 392 g/mol. The van der Waals surface area contributed by atoms with Crippen molar-refractivity contribution in [3.63, 3.8) is 0 Å². The van der Waals surface area contributed by atoms with Gasteiger partial charge < -0.3 is 30.4 Å². The topological polar surface area (TPSA) is 143 Å². The highest BCUT2D eigenvalue weighted by molar-refractivity contribution is 6.01. The summed E-state index contributed by atoms with van der Waals surface area (Å²) in [5, 5.41) is 31.8. The number of hydrogen-bond acceptors (Lipinski definition) is 7. The minimum Gasteiger partial charge on any atom is -0.477 e. The standard InChI is InChI=1S/C18H24N4O6/c1-8(23)15-12-2-11(16(18(27)28)22(12)17(15)26)9-4-19-13(20-5-9)3-14(25)21-6-10(24)7-21/h8-10,12,15,23-24H,2-7H2,1H3,(H,19,20)(H,27,28)/t8-,12-,15-/m1/s1. The van der Waals surface area contributed by atoms with Gasteiger partial charge in [-0.15, -0.1) is 0 Å². The molecule has 4 atom stereocenters. The Morgan fingerprint density at radius 2 is 2.07 bits per heavy atom. The van der Waals surface area contributed by atoms with Crippen molar-refractivity contribution in [3.8, 4) is 0 Å². The third kappa shape index (κ3) is 2.96. The van der Waals surface area contributed by atoms with Crippen LogP contribution in [0.4, 0.5) is 0 Å². The second kappa shape index (κ2) is 6.85. The Balaban J connectivity index is 1.44. The van der Waals surface area contributed by atoms with Gasteiger partial charge in [-0.25, -0.2) is 4.79 Å². The Hall–Kier alpha value is -2.46. The number of carboxylic acid groups (broad SMARTS) is 1. The van der Waals surface area contributed by atoms with Crippen molar-refractivity contribution in [1.29, 1.82) is 0 Å². The fourth-order valence-corrected chi connectivity index (χ4v) is 4.51. The van der Waals surface area contributed by atoms with Crippen molar-refractivity contribution in [1.82, 2.24) is 15.1 Å². The Labute approximate surface area is 161 Å². The van der Waals surface area contributed by atoms with Gasteiger partial charge in [-0.1, -0.05) is 0 Å². The van der Waals surface area contributed by atoms with Crippen LogP contribution >= 0.6 is 0 Å². The zero-order chi connectivity index (χ0) is 20.2. The smallest absolute Gasteiger partial charge is 0.352 e. The van der Waals surface area contributed by atoms with Crippen LogP contribution in [0.5, 0.6) is 0 Å². The van der Waals surface area contributed by atoms with Crippen molar-refractivity contribution in [2.24, 2.45) is 16.8 Å². The maximum atomic E-state index is 12.3. The lowest BCUT2D eigenvalue weighted by Gasteiger charge is -2.44. The summed E-state index contributed by atoms with van der Waals surface area (Å²) < 4.78 is 0. The highest BCUT2D eigenvalue weighted by Gasteiger charge is 2.57. The highest BCUT2D eigenvalue weighted by atomic mass is 16.4. The second-order valence-corrected chi connectivity index (χ2v) is 7.92. The molecular formula is C18H24N4O6. The van der Waals surface area contributed by atoms with Crippen LogP contribution in [0.3, 0.4) is 0 Å². The first-order valence-corrected chi connectivity index (χ1v) is 9.48. The third-order valence-electron chi connectivity index (χ3n) is 6.05. The molecule has 0 radical (unpaired) electrons. The van der Waals surface area contributed by atoms with Crippen LogP contribution < -0.4 is 5.32 Å². The van der Waals surface area contributed by atoms with Crippen LogP contribution in [-0.4, -0.2) is 93.2 Å². The average Bonchev–Trinajstić information content (AvgIpc) is 2.94. The van der Waals surface area contributed by atoms with E-state index >= 15 is 0 Å². The first-order valence-electron chi connectivity index (χ1n) is 9.48. The number of fused-ring (bicyclic) bond motifs is 1. The van der Waals surface area contributed by atoms with E-state index in [0.29, 0.717) is 44.0 Å². The van der Waals surface area contributed by atoms with E-state index in [1.165, 1.54) is 4.90 Å². The molecule has 1 unspecified atom stereocenters. The highest BCUT2D eigenvalue weighted by Crippen LogP contribution is 2.45. The summed E-state index contributed by atoms with van der Waals surface area (Å²) in [6, 6.07) is -0.307. The number of nitrogens with zero attached hydrogens (tertiary/aromatic N) is 3. The van der Waals surface area contributed by atoms with Crippen molar-refractivity contribution in [2.45, 2.75) is 38.0 Å². The Morgan fingerprint density at radius 1 is 1.36 bits per heavy atom. The van der Waals surface area contributed by atoms with Gasteiger partial charge in [0.2, 0.25) is 11.8 Å². The second-order valence-electron chi connectivity index (χ2n) is 7.92. The number of amides is 2. The summed E-state index contributed by atoms with van der Waals surface area (Å²) >= 11 is 0. The SMILES string of the molecule is C[C@@H](O)[C@H]1C(=O)N2C(C(=O)O)=C(C3CN=C(CC(=O)N4CC(O)C4)NC3)C[C@H]12. The lowest BCUT2D eigenvalue weighted by molar-refractivity contribution is -0.161. The number of amidine groups is 1. The number of β-amino-alcohol motifs (C(OH)–C–C–N with tert-alkyl or cyclic N) is 1. The molecule has 4 aliphatic rings. The van der Waals surface area contributed by atoms with Gasteiger partial charge in [-0.3, -0.25) is 14.6 Å². The lowest BCUT2D eigenvalue weighted by atomic mass is 9.82. The lowest BCUT2D eigenvalue weighted by Crippen LogP contribution is -2.61. The molecule has 2 fully saturated rings. The summed E-state index contributed by atoms with van der Waals surface area (Å²) in [5.41, 5.74) is 0.685. The number of carbonyl (C=O) groups excluding carboxylic acids is 2. The number of likely N-dealkylation sites (tertiary alicyclic amines) is 1. The van der Waals surface area contributed by atoms with Crippen molar-refractivity contribution < 1.29 is 29.7 Å². The molecule has 0 aromatic heterocycles. The minimum absolute atomic E-state index is 0.0167. The number of nitrogens with one attached hydrogen (secondary N) is 1. The predicted octanol–water partition coefficient (Wildman–Crippen LogP) is -1.85. The van der Waals surface area contributed by atoms with Crippen LogP contribution in [0.1, 0.15) is 19.8 Å². The van der Waals surface area contributed by atoms with E-state index < -0.39 is 24.1 Å².